The molecule has 0 radical (unpaired) electrons. The second-order valence-corrected chi connectivity index (χ2v) is 3.11. The van der Waals surface area contributed by atoms with E-state index in [9.17, 15) is 9.59 Å². The van der Waals surface area contributed by atoms with Crippen LogP contribution in [0.3, 0.4) is 0 Å². The Hall–Kier alpha value is -1.40. The molecule has 6 heteroatoms. The quantitative estimate of drug-likeness (QED) is 0.629. The Morgan fingerprint density at radius 3 is 2.13 bits per heavy atom. The first kappa shape index (κ1) is 11.7. The van der Waals surface area contributed by atoms with Crippen LogP contribution in [0, 0.1) is 0 Å². The van der Waals surface area contributed by atoms with Crippen molar-refractivity contribution in [1.82, 2.24) is 9.13 Å². The van der Waals surface area contributed by atoms with Gasteiger partial charge in [0.05, 0.1) is 5.69 Å². The van der Waals surface area contributed by atoms with Crippen molar-refractivity contribution in [3.63, 3.8) is 0 Å². The van der Waals surface area contributed by atoms with Crippen LogP contribution < -0.4 is 11.2 Å². The second-order valence-electron chi connectivity index (χ2n) is 3.11. The molecule has 1 rings (SSSR count). The lowest BCUT2D eigenvalue weighted by atomic mass is 10.3. The van der Waals surface area contributed by atoms with Gasteiger partial charge in [-0.2, -0.15) is 0 Å². The second kappa shape index (κ2) is 4.41. The molecule has 0 bridgehead atoms. The van der Waals surface area contributed by atoms with Crippen LogP contribution in [0.5, 0.6) is 0 Å². The molecule has 0 N–H and O–H groups in total. The molecule has 0 saturated carbocycles. The topological polar surface area (TPSA) is 62.5 Å². The smallest absolute Gasteiger partial charge is 0.330 e. The third-order valence-electron chi connectivity index (χ3n) is 2.23. The molecule has 0 saturated heterocycles. The fourth-order valence-corrected chi connectivity index (χ4v) is 1.31. The highest BCUT2D eigenvalue weighted by Gasteiger charge is 2.15. The fraction of sp³-hybridized carbons (Fsp3) is 0.556. The van der Waals surface area contributed by atoms with Gasteiger partial charge in [0.25, 0.3) is 5.56 Å². The molecular weight excluding hydrogens is 200 g/mol. The first-order chi connectivity index (χ1) is 7.02. The standard InChI is InChI=1S/C9H14N2O4/c1-10-6(8(14-3)15-4)5-7(12)11(2)9(10)13/h5,8H,1-4H3. The lowest BCUT2D eigenvalue weighted by Gasteiger charge is -2.16. The normalized spacial score (nSPS) is 11.0. The van der Waals surface area contributed by atoms with Crippen LogP contribution in [0.1, 0.15) is 12.0 Å². The van der Waals surface area contributed by atoms with Crippen molar-refractivity contribution in [1.29, 1.82) is 0 Å². The van der Waals surface area contributed by atoms with Crippen molar-refractivity contribution in [3.8, 4) is 0 Å². The van der Waals surface area contributed by atoms with Gasteiger partial charge in [-0.25, -0.2) is 4.79 Å². The van der Waals surface area contributed by atoms with E-state index in [1.54, 1.807) is 7.05 Å². The zero-order valence-electron chi connectivity index (χ0n) is 9.18. The summed E-state index contributed by atoms with van der Waals surface area (Å²) in [4.78, 5) is 22.9. The molecule has 0 amide bonds. The van der Waals surface area contributed by atoms with Gasteiger partial charge in [0, 0.05) is 34.4 Å². The number of hydrogen-bond acceptors (Lipinski definition) is 4. The lowest BCUT2D eigenvalue weighted by molar-refractivity contribution is -0.110. The van der Waals surface area contributed by atoms with E-state index in [4.69, 9.17) is 9.47 Å². The molecule has 0 spiro atoms. The largest absolute Gasteiger partial charge is 0.350 e. The predicted molar refractivity (Wildman–Crippen MR) is 53.7 cm³/mol. The van der Waals surface area contributed by atoms with Crippen molar-refractivity contribution in [2.75, 3.05) is 14.2 Å². The van der Waals surface area contributed by atoms with Gasteiger partial charge in [0.1, 0.15) is 0 Å². The summed E-state index contributed by atoms with van der Waals surface area (Å²) < 4.78 is 12.3. The zero-order chi connectivity index (χ0) is 11.6. The monoisotopic (exact) mass is 214 g/mol. The summed E-state index contributed by atoms with van der Waals surface area (Å²) in [5, 5.41) is 0. The summed E-state index contributed by atoms with van der Waals surface area (Å²) in [5.41, 5.74) is -0.392. The average molecular weight is 214 g/mol. The van der Waals surface area contributed by atoms with Crippen LogP contribution in [0.2, 0.25) is 0 Å². The Kier molecular flexibility index (Phi) is 3.43. The van der Waals surface area contributed by atoms with Crippen LogP contribution in [-0.2, 0) is 23.6 Å². The Morgan fingerprint density at radius 1 is 1.13 bits per heavy atom. The number of methoxy groups -OCH3 is 2. The predicted octanol–water partition coefficient (Wildman–Crippen LogP) is -0.625. The minimum Gasteiger partial charge on any atom is -0.350 e. The maximum Gasteiger partial charge on any atom is 0.330 e. The van der Waals surface area contributed by atoms with Crippen LogP contribution >= 0.6 is 0 Å². The van der Waals surface area contributed by atoms with E-state index in [1.165, 1.54) is 31.9 Å². The molecule has 1 heterocycles. The summed E-state index contributed by atoms with van der Waals surface area (Å²) in [5.74, 6) is 0. The molecule has 0 aliphatic heterocycles. The summed E-state index contributed by atoms with van der Waals surface area (Å²) in [6.45, 7) is 0. The molecule has 6 nitrogen and oxygen atoms in total. The van der Waals surface area contributed by atoms with Gasteiger partial charge in [-0.1, -0.05) is 0 Å². The fourth-order valence-electron chi connectivity index (χ4n) is 1.31. The molecule has 84 valence electrons. The van der Waals surface area contributed by atoms with E-state index in [0.29, 0.717) is 5.69 Å². The van der Waals surface area contributed by atoms with E-state index >= 15 is 0 Å². The number of ether oxygens (including phenoxy) is 2. The zero-order valence-corrected chi connectivity index (χ0v) is 9.18. The lowest BCUT2D eigenvalue weighted by Crippen LogP contribution is -2.39. The number of nitrogens with zero attached hydrogens (tertiary/aromatic N) is 2. The minimum atomic E-state index is -0.711. The molecule has 1 aromatic heterocycles. The molecule has 0 atom stereocenters. The van der Waals surface area contributed by atoms with Gasteiger partial charge >= 0.3 is 5.69 Å². The molecule has 0 aromatic carbocycles. The molecular formula is C9H14N2O4. The van der Waals surface area contributed by atoms with Crippen LogP contribution in [-0.4, -0.2) is 23.4 Å². The molecule has 0 fully saturated rings. The van der Waals surface area contributed by atoms with Crippen molar-refractivity contribution >= 4 is 0 Å². The molecule has 0 aliphatic rings. The first-order valence-electron chi connectivity index (χ1n) is 4.35. The summed E-state index contributed by atoms with van der Waals surface area (Å²) in [6.07, 6.45) is -0.711. The number of rotatable bonds is 3. The van der Waals surface area contributed by atoms with E-state index in [-0.39, 0.29) is 5.56 Å². The summed E-state index contributed by atoms with van der Waals surface area (Å²) >= 11 is 0. The summed E-state index contributed by atoms with van der Waals surface area (Å²) in [7, 11) is 5.86. The Balaban J connectivity index is 3.44. The SMILES string of the molecule is COC(OC)c1cc(=O)n(C)c(=O)n1C. The average Bonchev–Trinajstić information content (AvgIpc) is 2.24. The highest BCUT2D eigenvalue weighted by Crippen LogP contribution is 2.12. The highest BCUT2D eigenvalue weighted by molar-refractivity contribution is 5.03. The highest BCUT2D eigenvalue weighted by atomic mass is 16.7. The third kappa shape index (κ3) is 2.00. The maximum absolute atomic E-state index is 11.6. The minimum absolute atomic E-state index is 0.382. The Morgan fingerprint density at radius 2 is 1.67 bits per heavy atom. The maximum atomic E-state index is 11.6. The van der Waals surface area contributed by atoms with Crippen LogP contribution in [0.15, 0.2) is 15.7 Å². The van der Waals surface area contributed by atoms with Crippen LogP contribution in [0.25, 0.3) is 0 Å². The van der Waals surface area contributed by atoms with E-state index < -0.39 is 12.0 Å². The van der Waals surface area contributed by atoms with Gasteiger partial charge in [-0.3, -0.25) is 13.9 Å². The Bertz CT molecular complexity index is 456. The first-order valence-corrected chi connectivity index (χ1v) is 4.35. The van der Waals surface area contributed by atoms with Gasteiger partial charge in [-0.05, 0) is 0 Å². The van der Waals surface area contributed by atoms with E-state index in [0.717, 1.165) is 4.57 Å². The van der Waals surface area contributed by atoms with Gasteiger partial charge in [0.15, 0.2) is 6.29 Å². The molecule has 15 heavy (non-hydrogen) atoms. The Labute approximate surface area is 86.7 Å². The third-order valence-corrected chi connectivity index (χ3v) is 2.23. The summed E-state index contributed by atoms with van der Waals surface area (Å²) in [6, 6.07) is 1.32. The molecule has 1 aromatic rings. The van der Waals surface area contributed by atoms with Gasteiger partial charge in [0.2, 0.25) is 0 Å². The van der Waals surface area contributed by atoms with E-state index in [2.05, 4.69) is 0 Å². The van der Waals surface area contributed by atoms with Crippen molar-refractivity contribution < 1.29 is 9.47 Å². The van der Waals surface area contributed by atoms with Crippen molar-refractivity contribution in [2.45, 2.75) is 6.29 Å². The van der Waals surface area contributed by atoms with E-state index in [1.807, 2.05) is 0 Å². The van der Waals surface area contributed by atoms with Crippen LogP contribution in [0.4, 0.5) is 0 Å². The number of aromatic nitrogens is 2. The van der Waals surface area contributed by atoms with Gasteiger partial charge < -0.3 is 9.47 Å². The molecule has 0 aliphatic carbocycles. The molecule has 0 unspecified atom stereocenters. The van der Waals surface area contributed by atoms with Crippen molar-refractivity contribution in [2.24, 2.45) is 14.1 Å². The number of hydrogen-bond donors (Lipinski definition) is 0. The van der Waals surface area contributed by atoms with Crippen molar-refractivity contribution in [3.05, 3.63) is 32.6 Å². The van der Waals surface area contributed by atoms with Gasteiger partial charge in [-0.15, -0.1) is 0 Å².